The molecule has 5 N–H and O–H groups in total. The monoisotopic (exact) mass is 688 g/mol. The largest absolute Gasteiger partial charge is 0.508 e. The number of aliphatic hydroxyl groups excluding tert-OH is 1. The molecule has 0 aromatic rings. The second-order valence-electron chi connectivity index (χ2n) is 13.4. The number of nitrogens with zero attached hydrogens (tertiary/aromatic N) is 2. The van der Waals surface area contributed by atoms with E-state index in [1.165, 1.54) is 18.2 Å². The van der Waals surface area contributed by atoms with Crippen LogP contribution in [0, 0.1) is 28.6 Å². The standard InChI is InChI=1S/C31H45FN2O14/c1-19-15-23-22-9-8-20-16-21(35)10-11-28(20,2)30(22,32)24(36)17-29(23,3)31(19,48-26(38)7-6-14-47-34(42)43)25(37)18-45-27(39)44-12-4-5-13-46-33(40)41/h10-11,16,19,22-24,36,40-43H,4-9,12-15,17-18H2,1-3H3/t19-,22?,23?,24+,28+,29+,30+,31+/m1/s1. The lowest BCUT2D eigenvalue weighted by Crippen LogP contribution is -2.70. The summed E-state index contributed by atoms with van der Waals surface area (Å²) >= 11 is 0. The van der Waals surface area contributed by atoms with Crippen molar-refractivity contribution in [3.63, 3.8) is 0 Å². The van der Waals surface area contributed by atoms with Gasteiger partial charge < -0.3 is 19.3 Å². The fraction of sp³-hybridized carbons (Fsp3) is 0.742. The molecular formula is C31H45FN2O14. The highest BCUT2D eigenvalue weighted by Gasteiger charge is 2.77. The molecule has 0 amide bonds. The molecule has 17 heteroatoms. The number of ketones is 2. The molecule has 16 nitrogen and oxygen atoms in total. The Morgan fingerprint density at radius 1 is 0.979 bits per heavy atom. The molecular weight excluding hydrogens is 643 g/mol. The van der Waals surface area contributed by atoms with E-state index in [-0.39, 0.29) is 64.1 Å². The van der Waals surface area contributed by atoms with Gasteiger partial charge >= 0.3 is 12.1 Å². The first-order valence-corrected chi connectivity index (χ1v) is 16.0. The van der Waals surface area contributed by atoms with Crippen LogP contribution in [0.3, 0.4) is 0 Å². The third kappa shape index (κ3) is 6.93. The number of fused-ring (bicyclic) bond motifs is 5. The summed E-state index contributed by atoms with van der Waals surface area (Å²) in [6.07, 6.45) is 2.32. The van der Waals surface area contributed by atoms with Gasteiger partial charge in [-0.3, -0.25) is 44.9 Å². The number of aliphatic hydroxyl groups is 1. The van der Waals surface area contributed by atoms with Crippen LogP contribution in [0.5, 0.6) is 0 Å². The Morgan fingerprint density at radius 2 is 1.62 bits per heavy atom. The zero-order chi connectivity index (χ0) is 35.5. The van der Waals surface area contributed by atoms with E-state index in [0.717, 1.165) is 0 Å². The van der Waals surface area contributed by atoms with Crippen molar-refractivity contribution in [1.29, 1.82) is 0 Å². The van der Waals surface area contributed by atoms with Crippen molar-refractivity contribution in [3.8, 4) is 0 Å². The Labute approximate surface area is 276 Å². The fourth-order valence-corrected chi connectivity index (χ4v) is 8.77. The molecule has 0 saturated heterocycles. The molecule has 270 valence electrons. The van der Waals surface area contributed by atoms with Gasteiger partial charge in [0.1, 0.15) is 0 Å². The van der Waals surface area contributed by atoms with Crippen molar-refractivity contribution >= 4 is 23.7 Å². The fourth-order valence-electron chi connectivity index (χ4n) is 8.77. The van der Waals surface area contributed by atoms with E-state index in [1.807, 2.05) is 0 Å². The van der Waals surface area contributed by atoms with Crippen LogP contribution in [0.25, 0.3) is 0 Å². The zero-order valence-electron chi connectivity index (χ0n) is 27.2. The maximum absolute atomic E-state index is 17.6. The van der Waals surface area contributed by atoms with Crippen molar-refractivity contribution in [1.82, 2.24) is 10.8 Å². The van der Waals surface area contributed by atoms with Crippen LogP contribution in [-0.4, -0.2) is 104 Å². The van der Waals surface area contributed by atoms with Crippen LogP contribution in [0.15, 0.2) is 23.8 Å². The molecule has 0 radical (unpaired) electrons. The van der Waals surface area contributed by atoms with Gasteiger partial charge in [-0.15, -0.1) is 0 Å². The number of esters is 1. The molecule has 48 heavy (non-hydrogen) atoms. The number of allylic oxidation sites excluding steroid dienone is 4. The molecule has 0 aromatic carbocycles. The summed E-state index contributed by atoms with van der Waals surface area (Å²) in [7, 11) is 0. The molecule has 3 fully saturated rings. The Hall–Kier alpha value is -2.87. The van der Waals surface area contributed by atoms with E-state index in [9.17, 15) is 24.3 Å². The maximum atomic E-state index is 17.6. The SMILES string of the molecule is C[C@@H]1CC2C3CCC4=CC(=O)C=C[C@]4(C)[C@@]3(F)[C@@H](O)C[C@]2(C)[C@@]1(OC(=O)CCCON(O)O)C(=O)COC(=O)OCCCCON(O)O. The molecule has 4 rings (SSSR count). The third-order valence-electron chi connectivity index (χ3n) is 10.9. The average molecular weight is 689 g/mol. The van der Waals surface area contributed by atoms with Crippen LogP contribution in [-0.2, 0) is 38.3 Å². The van der Waals surface area contributed by atoms with E-state index in [1.54, 1.807) is 20.8 Å². The van der Waals surface area contributed by atoms with Crippen LogP contribution in [0.1, 0.15) is 72.1 Å². The number of hydrogen-bond acceptors (Lipinski definition) is 16. The first-order chi connectivity index (χ1) is 22.5. The van der Waals surface area contributed by atoms with Crippen molar-refractivity contribution < 1.29 is 73.4 Å². The summed E-state index contributed by atoms with van der Waals surface area (Å²) < 4.78 is 33.8. The van der Waals surface area contributed by atoms with E-state index in [4.69, 9.17) is 35.0 Å². The number of Topliss-reactive ketones (excluding diaryl/α,β-unsaturated/α-hetero) is 1. The number of carbonyl (C=O) groups is 4. The number of carbonyl (C=O) groups excluding carboxylic acids is 4. The lowest BCUT2D eigenvalue weighted by molar-refractivity contribution is -0.492. The van der Waals surface area contributed by atoms with Crippen LogP contribution < -0.4 is 0 Å². The molecule has 3 saturated carbocycles. The smallest absolute Gasteiger partial charge is 0.450 e. The molecule has 2 unspecified atom stereocenters. The van der Waals surface area contributed by atoms with Gasteiger partial charge in [0, 0.05) is 29.1 Å². The van der Waals surface area contributed by atoms with Gasteiger partial charge in [0.15, 0.2) is 23.7 Å². The van der Waals surface area contributed by atoms with E-state index in [0.29, 0.717) is 18.4 Å². The summed E-state index contributed by atoms with van der Waals surface area (Å²) in [5.74, 6) is -3.92. The maximum Gasteiger partial charge on any atom is 0.508 e. The summed E-state index contributed by atoms with van der Waals surface area (Å²) in [5.41, 5.74) is -6.15. The summed E-state index contributed by atoms with van der Waals surface area (Å²) in [4.78, 5) is 61.0. The first kappa shape index (κ1) is 37.9. The molecule has 8 atom stereocenters. The van der Waals surface area contributed by atoms with Crippen LogP contribution in [0.2, 0.25) is 0 Å². The number of halogens is 1. The Bertz CT molecular complexity index is 1290. The topological polar surface area (TPSA) is 222 Å². The lowest BCUT2D eigenvalue weighted by Gasteiger charge is -2.62. The highest BCUT2D eigenvalue weighted by Crippen LogP contribution is 2.71. The highest BCUT2D eigenvalue weighted by atomic mass is 19.1. The molecule has 0 aliphatic heterocycles. The van der Waals surface area contributed by atoms with Gasteiger partial charge in [0.25, 0.3) is 0 Å². The van der Waals surface area contributed by atoms with Gasteiger partial charge in [0.05, 0.1) is 36.7 Å². The van der Waals surface area contributed by atoms with Gasteiger partial charge in [0.2, 0.25) is 5.78 Å². The zero-order valence-corrected chi connectivity index (χ0v) is 27.2. The molecule has 0 bridgehead atoms. The lowest BCUT2D eigenvalue weighted by atomic mass is 9.44. The number of alkyl halides is 1. The Kier molecular flexibility index (Phi) is 11.8. The number of rotatable bonds is 15. The minimum Gasteiger partial charge on any atom is -0.450 e. The average Bonchev–Trinajstić information content (AvgIpc) is 3.22. The Balaban J connectivity index is 1.58. The second kappa shape index (κ2) is 14.9. The Morgan fingerprint density at radius 3 is 2.29 bits per heavy atom. The van der Waals surface area contributed by atoms with Crippen molar-refractivity contribution in [2.45, 2.75) is 89.5 Å². The van der Waals surface area contributed by atoms with Crippen molar-refractivity contribution in [2.75, 3.05) is 26.4 Å². The van der Waals surface area contributed by atoms with Gasteiger partial charge in [-0.2, -0.15) is 0 Å². The van der Waals surface area contributed by atoms with Crippen molar-refractivity contribution in [2.24, 2.45) is 28.6 Å². The van der Waals surface area contributed by atoms with E-state index < -0.39 is 81.3 Å². The van der Waals surface area contributed by atoms with Crippen LogP contribution in [0.4, 0.5) is 9.18 Å². The van der Waals surface area contributed by atoms with E-state index in [2.05, 4.69) is 9.68 Å². The normalized spacial score (nSPS) is 35.5. The number of ether oxygens (including phenoxy) is 3. The van der Waals surface area contributed by atoms with Crippen molar-refractivity contribution in [3.05, 3.63) is 23.8 Å². The molecule has 4 aliphatic carbocycles. The molecule has 0 heterocycles. The van der Waals surface area contributed by atoms with Crippen LogP contribution >= 0.6 is 0 Å². The van der Waals surface area contributed by atoms with Gasteiger partial charge in [-0.25, -0.2) is 9.18 Å². The molecule has 0 spiro atoms. The predicted molar refractivity (Wildman–Crippen MR) is 155 cm³/mol. The highest BCUT2D eigenvalue weighted by molar-refractivity contribution is 6.01. The van der Waals surface area contributed by atoms with Gasteiger partial charge in [-0.1, -0.05) is 25.5 Å². The molecule has 0 aromatic heterocycles. The first-order valence-electron chi connectivity index (χ1n) is 16.0. The summed E-state index contributed by atoms with van der Waals surface area (Å²) in [5, 5.41) is 45.4. The second-order valence-corrected chi connectivity index (χ2v) is 13.4. The minimum absolute atomic E-state index is 0.0187. The minimum atomic E-state index is -2.20. The summed E-state index contributed by atoms with van der Waals surface area (Å²) in [6, 6.07) is 0. The number of hydrogen-bond donors (Lipinski definition) is 5. The summed E-state index contributed by atoms with van der Waals surface area (Å²) in [6.45, 7) is 3.71. The predicted octanol–water partition coefficient (Wildman–Crippen LogP) is 3.19. The van der Waals surface area contributed by atoms with E-state index >= 15 is 4.39 Å². The number of unbranched alkanes of at least 4 members (excludes halogenated alkanes) is 1. The third-order valence-corrected chi connectivity index (χ3v) is 10.9. The molecule has 4 aliphatic rings. The quantitative estimate of drug-likeness (QED) is 0.0947. The van der Waals surface area contributed by atoms with Gasteiger partial charge in [-0.05, 0) is 69.9 Å².